The Kier molecular flexibility index (Phi) is 6.11. The van der Waals surface area contributed by atoms with Gasteiger partial charge in [0.25, 0.3) is 0 Å². The maximum absolute atomic E-state index is 12.0. The monoisotopic (exact) mass is 302 g/mol. The van der Waals surface area contributed by atoms with Crippen LogP contribution in [0.2, 0.25) is 10.0 Å². The molecule has 0 aromatic heterocycles. The fourth-order valence-corrected chi connectivity index (χ4v) is 2.32. The number of nitrogens with one attached hydrogen (secondary N) is 1. The largest absolute Gasteiger partial charge is 0.348 e. The third kappa shape index (κ3) is 4.37. The van der Waals surface area contributed by atoms with Crippen LogP contribution in [0.3, 0.4) is 0 Å². The van der Waals surface area contributed by atoms with Crippen LogP contribution in [0.5, 0.6) is 0 Å². The number of amides is 1. The maximum atomic E-state index is 12.0. The number of rotatable bonds is 5. The van der Waals surface area contributed by atoms with E-state index in [0.717, 1.165) is 12.0 Å². The molecule has 3 N–H and O–H groups in total. The molecule has 106 valence electrons. The predicted octanol–water partition coefficient (Wildman–Crippen LogP) is 3.54. The summed E-state index contributed by atoms with van der Waals surface area (Å²) in [6.07, 6.45) is 0.866. The highest BCUT2D eigenvalue weighted by molar-refractivity contribution is 6.35. The Hall–Kier alpha value is -0.770. The summed E-state index contributed by atoms with van der Waals surface area (Å²) in [6.45, 7) is 5.85. The minimum Gasteiger partial charge on any atom is -0.348 e. The van der Waals surface area contributed by atoms with Gasteiger partial charge in [0, 0.05) is 10.0 Å². The highest BCUT2D eigenvalue weighted by atomic mass is 35.5. The Labute approximate surface area is 124 Å². The van der Waals surface area contributed by atoms with Gasteiger partial charge in [-0.25, -0.2) is 0 Å². The molecule has 0 aliphatic rings. The lowest BCUT2D eigenvalue weighted by atomic mass is 9.98. The first-order chi connectivity index (χ1) is 8.86. The second-order valence-electron chi connectivity index (χ2n) is 4.81. The molecule has 0 radical (unpaired) electrons. The summed E-state index contributed by atoms with van der Waals surface area (Å²) < 4.78 is 0. The topological polar surface area (TPSA) is 55.1 Å². The quantitative estimate of drug-likeness (QED) is 0.874. The van der Waals surface area contributed by atoms with Gasteiger partial charge in [-0.3, -0.25) is 4.79 Å². The molecule has 3 atom stereocenters. The summed E-state index contributed by atoms with van der Waals surface area (Å²) >= 11 is 12.0. The van der Waals surface area contributed by atoms with Gasteiger partial charge in [-0.1, -0.05) is 49.5 Å². The average Bonchev–Trinajstić information content (AvgIpc) is 2.36. The van der Waals surface area contributed by atoms with Crippen molar-refractivity contribution >= 4 is 29.1 Å². The third-order valence-electron chi connectivity index (χ3n) is 3.35. The summed E-state index contributed by atoms with van der Waals surface area (Å²) in [5.41, 5.74) is 6.72. The van der Waals surface area contributed by atoms with Gasteiger partial charge in [0.05, 0.1) is 12.1 Å². The highest BCUT2D eigenvalue weighted by Gasteiger charge is 2.21. The van der Waals surface area contributed by atoms with Crippen molar-refractivity contribution in [3.63, 3.8) is 0 Å². The molecule has 0 heterocycles. The molecule has 0 aliphatic carbocycles. The van der Waals surface area contributed by atoms with E-state index in [9.17, 15) is 4.79 Å². The molecule has 3 unspecified atom stereocenters. The number of benzene rings is 1. The van der Waals surface area contributed by atoms with Crippen LogP contribution in [-0.2, 0) is 4.79 Å². The van der Waals surface area contributed by atoms with E-state index in [2.05, 4.69) is 5.32 Å². The molecule has 1 aromatic carbocycles. The van der Waals surface area contributed by atoms with Crippen LogP contribution < -0.4 is 11.1 Å². The molecule has 0 aliphatic heterocycles. The Bertz CT molecular complexity index is 451. The Balaban J connectivity index is 2.74. The van der Waals surface area contributed by atoms with E-state index in [0.29, 0.717) is 10.0 Å². The predicted molar refractivity (Wildman–Crippen MR) is 80.5 cm³/mol. The molecule has 0 saturated carbocycles. The lowest BCUT2D eigenvalue weighted by Gasteiger charge is -2.22. The fraction of sp³-hybridized carbons (Fsp3) is 0.500. The smallest absolute Gasteiger partial charge is 0.237 e. The normalized spacial score (nSPS) is 15.7. The lowest BCUT2D eigenvalue weighted by molar-refractivity contribution is -0.124. The molecule has 1 amide bonds. The number of nitrogens with two attached hydrogens (primary N) is 1. The van der Waals surface area contributed by atoms with Crippen LogP contribution in [0.4, 0.5) is 0 Å². The first kappa shape index (κ1) is 16.3. The Morgan fingerprint density at radius 2 is 2.00 bits per heavy atom. The number of carbonyl (C=O) groups excluding carboxylic acids is 1. The van der Waals surface area contributed by atoms with Crippen molar-refractivity contribution in [2.75, 3.05) is 0 Å². The molecule has 0 saturated heterocycles. The van der Waals surface area contributed by atoms with Gasteiger partial charge >= 0.3 is 0 Å². The SMILES string of the molecule is CCC(C)C(N)C(=O)NC(C)c1ccc(Cl)cc1Cl. The molecule has 3 nitrogen and oxygen atoms in total. The van der Waals surface area contributed by atoms with Crippen molar-refractivity contribution < 1.29 is 4.79 Å². The second-order valence-corrected chi connectivity index (χ2v) is 5.65. The number of hydrogen-bond acceptors (Lipinski definition) is 2. The van der Waals surface area contributed by atoms with Crippen molar-refractivity contribution in [3.8, 4) is 0 Å². The molecule has 0 bridgehead atoms. The molecular weight excluding hydrogens is 283 g/mol. The zero-order valence-electron chi connectivity index (χ0n) is 11.4. The van der Waals surface area contributed by atoms with Crippen molar-refractivity contribution in [2.24, 2.45) is 11.7 Å². The van der Waals surface area contributed by atoms with Crippen LogP contribution in [0.25, 0.3) is 0 Å². The van der Waals surface area contributed by atoms with E-state index in [-0.39, 0.29) is 17.9 Å². The third-order valence-corrected chi connectivity index (χ3v) is 3.91. The van der Waals surface area contributed by atoms with Crippen LogP contribution in [0.15, 0.2) is 18.2 Å². The molecule has 19 heavy (non-hydrogen) atoms. The van der Waals surface area contributed by atoms with Gasteiger partial charge in [0.15, 0.2) is 0 Å². The van der Waals surface area contributed by atoms with E-state index in [1.54, 1.807) is 12.1 Å². The van der Waals surface area contributed by atoms with E-state index in [4.69, 9.17) is 28.9 Å². The summed E-state index contributed by atoms with van der Waals surface area (Å²) in [5.74, 6) is -0.0132. The summed E-state index contributed by atoms with van der Waals surface area (Å²) in [5, 5.41) is 3.99. The molecule has 0 fully saturated rings. The second kappa shape index (κ2) is 7.13. The van der Waals surface area contributed by atoms with Gasteiger partial charge in [-0.15, -0.1) is 0 Å². The average molecular weight is 303 g/mol. The van der Waals surface area contributed by atoms with Crippen LogP contribution in [-0.4, -0.2) is 11.9 Å². The van der Waals surface area contributed by atoms with Gasteiger partial charge in [-0.2, -0.15) is 0 Å². The summed E-state index contributed by atoms with van der Waals surface area (Å²) in [6, 6.07) is 4.52. The molecular formula is C14H20Cl2N2O. The van der Waals surface area contributed by atoms with E-state index < -0.39 is 6.04 Å². The zero-order valence-corrected chi connectivity index (χ0v) is 12.9. The molecule has 1 aromatic rings. The Morgan fingerprint density at radius 3 is 2.53 bits per heavy atom. The zero-order chi connectivity index (χ0) is 14.6. The van der Waals surface area contributed by atoms with Crippen molar-refractivity contribution in [3.05, 3.63) is 33.8 Å². The van der Waals surface area contributed by atoms with E-state index in [1.807, 2.05) is 26.8 Å². The van der Waals surface area contributed by atoms with E-state index in [1.165, 1.54) is 0 Å². The van der Waals surface area contributed by atoms with Gasteiger partial charge in [0.1, 0.15) is 0 Å². The number of halogens is 2. The van der Waals surface area contributed by atoms with Crippen molar-refractivity contribution in [1.82, 2.24) is 5.32 Å². The molecule has 1 rings (SSSR count). The summed E-state index contributed by atoms with van der Waals surface area (Å²) in [4.78, 5) is 12.0. The first-order valence-corrected chi connectivity index (χ1v) is 7.13. The minimum absolute atomic E-state index is 0.146. The lowest BCUT2D eigenvalue weighted by Crippen LogP contribution is -2.45. The van der Waals surface area contributed by atoms with E-state index >= 15 is 0 Å². The van der Waals surface area contributed by atoms with Gasteiger partial charge in [0.2, 0.25) is 5.91 Å². The van der Waals surface area contributed by atoms with Crippen LogP contribution >= 0.6 is 23.2 Å². The standard InChI is InChI=1S/C14H20Cl2N2O/c1-4-8(2)13(17)14(19)18-9(3)11-6-5-10(15)7-12(11)16/h5-9,13H,4,17H2,1-3H3,(H,18,19). The minimum atomic E-state index is -0.501. The summed E-state index contributed by atoms with van der Waals surface area (Å²) in [7, 11) is 0. The van der Waals surface area contributed by atoms with Gasteiger partial charge < -0.3 is 11.1 Å². The number of carbonyl (C=O) groups is 1. The number of hydrogen-bond donors (Lipinski definition) is 2. The molecule has 5 heteroatoms. The van der Waals surface area contributed by atoms with Crippen LogP contribution in [0.1, 0.15) is 38.8 Å². The van der Waals surface area contributed by atoms with Crippen LogP contribution in [0, 0.1) is 5.92 Å². The highest BCUT2D eigenvalue weighted by Crippen LogP contribution is 2.26. The fourth-order valence-electron chi connectivity index (χ4n) is 1.75. The van der Waals surface area contributed by atoms with Crippen molar-refractivity contribution in [1.29, 1.82) is 0 Å². The maximum Gasteiger partial charge on any atom is 0.237 e. The van der Waals surface area contributed by atoms with Gasteiger partial charge in [-0.05, 0) is 30.5 Å². The molecule has 0 spiro atoms. The van der Waals surface area contributed by atoms with Crippen molar-refractivity contribution in [2.45, 2.75) is 39.3 Å². The first-order valence-electron chi connectivity index (χ1n) is 6.37. The Morgan fingerprint density at radius 1 is 1.37 bits per heavy atom.